The van der Waals surface area contributed by atoms with Crippen molar-refractivity contribution in [2.24, 2.45) is 16.9 Å². The lowest BCUT2D eigenvalue weighted by Gasteiger charge is -2.27. The van der Waals surface area contributed by atoms with Crippen LogP contribution in [0.5, 0.6) is 0 Å². The van der Waals surface area contributed by atoms with Crippen LogP contribution in [-0.4, -0.2) is 11.6 Å². The third-order valence-corrected chi connectivity index (χ3v) is 5.33. The number of rotatable bonds is 1. The minimum atomic E-state index is -0.528. The van der Waals surface area contributed by atoms with Crippen molar-refractivity contribution in [1.82, 2.24) is 10.7 Å². The molecule has 24 heavy (non-hydrogen) atoms. The largest absolute Gasteiger partial charge is 0.361 e. The Morgan fingerprint density at radius 2 is 2.00 bits per heavy atom. The first kappa shape index (κ1) is 13.7. The Morgan fingerprint density at radius 1 is 1.17 bits per heavy atom. The van der Waals surface area contributed by atoms with Crippen molar-refractivity contribution in [2.45, 2.75) is 18.8 Å². The van der Waals surface area contributed by atoms with Gasteiger partial charge in [0.15, 0.2) is 0 Å². The van der Waals surface area contributed by atoms with Crippen LogP contribution in [0.4, 0.5) is 4.39 Å². The van der Waals surface area contributed by atoms with Crippen LogP contribution in [-0.2, 0) is 4.79 Å². The molecule has 1 aromatic rings. The molecule has 2 aliphatic heterocycles. The van der Waals surface area contributed by atoms with Gasteiger partial charge in [0.2, 0.25) is 5.91 Å². The third kappa shape index (κ3) is 1.90. The highest BCUT2D eigenvalue weighted by atomic mass is 19.1. The molecule has 4 aliphatic rings. The zero-order valence-corrected chi connectivity index (χ0v) is 12.9. The van der Waals surface area contributed by atoms with E-state index in [1.165, 1.54) is 17.7 Å². The van der Waals surface area contributed by atoms with Gasteiger partial charge in [0.05, 0.1) is 11.6 Å². The molecule has 0 aromatic heterocycles. The van der Waals surface area contributed by atoms with E-state index in [-0.39, 0.29) is 17.7 Å². The topological polar surface area (TPSA) is 53.5 Å². The Hall–Kier alpha value is -2.69. The number of hydrogen-bond donors (Lipinski definition) is 2. The van der Waals surface area contributed by atoms with Gasteiger partial charge in [0.25, 0.3) is 0 Å². The second-order valence-electron chi connectivity index (χ2n) is 6.72. The van der Waals surface area contributed by atoms with Crippen LogP contribution in [0.1, 0.15) is 24.3 Å². The van der Waals surface area contributed by atoms with Crippen LogP contribution in [0.25, 0.3) is 0 Å². The van der Waals surface area contributed by atoms with Crippen LogP contribution >= 0.6 is 0 Å². The van der Waals surface area contributed by atoms with Gasteiger partial charge < -0.3 is 5.32 Å². The van der Waals surface area contributed by atoms with Gasteiger partial charge in [-0.2, -0.15) is 5.10 Å². The van der Waals surface area contributed by atoms with Crippen molar-refractivity contribution in [3.63, 3.8) is 0 Å². The molecule has 2 aliphatic carbocycles. The highest BCUT2D eigenvalue weighted by Crippen LogP contribution is 2.47. The second-order valence-corrected chi connectivity index (χ2v) is 6.72. The van der Waals surface area contributed by atoms with E-state index >= 15 is 0 Å². The summed E-state index contributed by atoms with van der Waals surface area (Å²) in [5, 5.41) is 7.74. The molecule has 0 bridgehead atoms. The number of nitrogens with one attached hydrogen (secondary N) is 2. The minimum Gasteiger partial charge on any atom is -0.361 e. The summed E-state index contributed by atoms with van der Waals surface area (Å²) < 4.78 is 13.9. The van der Waals surface area contributed by atoms with E-state index in [4.69, 9.17) is 0 Å². The number of benzene rings is 1. The molecule has 0 spiro atoms. The Kier molecular flexibility index (Phi) is 2.80. The quantitative estimate of drug-likeness (QED) is 0.836. The van der Waals surface area contributed by atoms with E-state index in [2.05, 4.69) is 28.0 Å². The number of carbonyl (C=O) groups excluding carboxylic acids is 1. The molecule has 0 saturated carbocycles. The van der Waals surface area contributed by atoms with Gasteiger partial charge in [0.1, 0.15) is 5.83 Å². The van der Waals surface area contributed by atoms with Crippen molar-refractivity contribution < 1.29 is 9.18 Å². The summed E-state index contributed by atoms with van der Waals surface area (Å²) in [6, 6.07) is 10.3. The lowest BCUT2D eigenvalue weighted by molar-refractivity contribution is -0.124. The van der Waals surface area contributed by atoms with E-state index in [9.17, 15) is 9.18 Å². The monoisotopic (exact) mass is 321 g/mol. The van der Waals surface area contributed by atoms with Crippen LogP contribution < -0.4 is 10.7 Å². The molecule has 1 aromatic carbocycles. The minimum absolute atomic E-state index is 0.127. The average molecular weight is 321 g/mol. The molecule has 0 saturated heterocycles. The van der Waals surface area contributed by atoms with Crippen molar-refractivity contribution in [1.29, 1.82) is 0 Å². The molecule has 4 nitrogen and oxygen atoms in total. The summed E-state index contributed by atoms with van der Waals surface area (Å²) in [6.45, 7) is 0. The number of amides is 1. The van der Waals surface area contributed by atoms with Crippen molar-refractivity contribution in [3.05, 3.63) is 70.8 Å². The second kappa shape index (κ2) is 4.90. The summed E-state index contributed by atoms with van der Waals surface area (Å²) in [7, 11) is 0. The highest BCUT2D eigenvalue weighted by Gasteiger charge is 2.46. The zero-order valence-electron chi connectivity index (χ0n) is 12.9. The maximum Gasteiger partial charge on any atom is 0.248 e. The van der Waals surface area contributed by atoms with E-state index in [0.29, 0.717) is 5.92 Å². The van der Waals surface area contributed by atoms with Gasteiger partial charge in [-0.05, 0) is 36.5 Å². The molecule has 5 rings (SSSR count). The number of hydrazone groups is 1. The maximum atomic E-state index is 13.9. The smallest absolute Gasteiger partial charge is 0.248 e. The van der Waals surface area contributed by atoms with Crippen LogP contribution in [0.15, 0.2) is 70.4 Å². The van der Waals surface area contributed by atoms with Crippen LogP contribution in [0, 0.1) is 11.8 Å². The fraction of sp³-hybridized carbons (Fsp3) is 0.263. The summed E-state index contributed by atoms with van der Waals surface area (Å²) in [5.41, 5.74) is 7.74. The molecule has 1 amide bonds. The average Bonchev–Trinajstić information content (AvgIpc) is 2.90. The first-order valence-corrected chi connectivity index (χ1v) is 8.21. The zero-order chi connectivity index (χ0) is 16.3. The summed E-state index contributed by atoms with van der Waals surface area (Å²) in [4.78, 5) is 12.3. The molecular formula is C19H16FN3O. The van der Waals surface area contributed by atoms with Gasteiger partial charge >= 0.3 is 0 Å². The molecular weight excluding hydrogens is 305 g/mol. The molecule has 5 heteroatoms. The predicted molar refractivity (Wildman–Crippen MR) is 88.4 cm³/mol. The Bertz CT molecular complexity index is 866. The Morgan fingerprint density at radius 3 is 2.83 bits per heavy atom. The molecule has 2 N–H and O–H groups in total. The van der Waals surface area contributed by atoms with E-state index in [1.54, 1.807) is 0 Å². The van der Waals surface area contributed by atoms with Gasteiger partial charge in [-0.1, -0.05) is 30.3 Å². The fourth-order valence-electron chi connectivity index (χ4n) is 4.29. The van der Waals surface area contributed by atoms with E-state index < -0.39 is 5.92 Å². The SMILES string of the molecule is O=C1NN=C2CC(c3ccccc3)CC3=C2C2C(=CC(F)=CC12)N3. The number of hydrogen-bond acceptors (Lipinski definition) is 3. The number of halogens is 1. The summed E-state index contributed by atoms with van der Waals surface area (Å²) in [5.74, 6) is -0.952. The van der Waals surface area contributed by atoms with E-state index in [1.807, 2.05) is 18.2 Å². The number of carbonyl (C=O) groups is 1. The lowest BCUT2D eigenvalue weighted by atomic mass is 9.74. The van der Waals surface area contributed by atoms with Crippen molar-refractivity contribution >= 4 is 11.6 Å². The van der Waals surface area contributed by atoms with Crippen LogP contribution in [0.2, 0.25) is 0 Å². The fourth-order valence-corrected chi connectivity index (χ4v) is 4.29. The van der Waals surface area contributed by atoms with Crippen LogP contribution in [0.3, 0.4) is 0 Å². The first-order valence-electron chi connectivity index (χ1n) is 8.21. The Balaban J connectivity index is 1.61. The highest BCUT2D eigenvalue weighted by molar-refractivity contribution is 6.06. The molecule has 3 atom stereocenters. The number of nitrogens with zero attached hydrogens (tertiary/aromatic N) is 1. The standard InChI is InChI=1S/C19H16FN3O/c20-12-8-13-17-15(9-12)21-14-6-11(10-4-2-1-3-5-10)7-16(18(14)17)22-23-19(13)24/h1-5,8-9,11,13,17,21H,6-7H2,(H,23,24). The normalized spacial score (nSPS) is 30.5. The van der Waals surface area contributed by atoms with Gasteiger partial charge in [0, 0.05) is 22.9 Å². The molecule has 3 unspecified atom stereocenters. The number of allylic oxidation sites excluding steroid dienone is 4. The maximum absolute atomic E-state index is 13.9. The molecule has 2 heterocycles. The summed E-state index contributed by atoms with van der Waals surface area (Å²) >= 11 is 0. The first-order chi connectivity index (χ1) is 11.7. The molecule has 0 fully saturated rings. The van der Waals surface area contributed by atoms with Gasteiger partial charge in [-0.15, -0.1) is 0 Å². The van der Waals surface area contributed by atoms with Gasteiger partial charge in [-0.3, -0.25) is 4.79 Å². The molecule has 0 radical (unpaired) electrons. The summed E-state index contributed by atoms with van der Waals surface area (Å²) in [6.07, 6.45) is 4.55. The van der Waals surface area contributed by atoms with Crippen molar-refractivity contribution in [3.8, 4) is 0 Å². The molecule has 120 valence electrons. The van der Waals surface area contributed by atoms with E-state index in [0.717, 1.165) is 35.5 Å². The van der Waals surface area contributed by atoms with Gasteiger partial charge in [-0.25, -0.2) is 9.82 Å². The Labute approximate surface area is 138 Å². The third-order valence-electron chi connectivity index (χ3n) is 5.33. The predicted octanol–water partition coefficient (Wildman–Crippen LogP) is 2.89. The van der Waals surface area contributed by atoms with Crippen molar-refractivity contribution in [2.75, 3.05) is 0 Å². The lowest BCUT2D eigenvalue weighted by Crippen LogP contribution is -2.32.